The van der Waals surface area contributed by atoms with Crippen LogP contribution in [-0.4, -0.2) is 33.8 Å². The molecule has 0 bridgehead atoms. The molecule has 2 N–H and O–H groups in total. The fourth-order valence-electron chi connectivity index (χ4n) is 3.45. The van der Waals surface area contributed by atoms with Crippen molar-refractivity contribution >= 4 is 29.9 Å². The molecule has 0 aliphatic heterocycles. The van der Waals surface area contributed by atoms with E-state index in [0.717, 1.165) is 42.4 Å². The lowest BCUT2D eigenvalue weighted by atomic mass is 9.96. The van der Waals surface area contributed by atoms with Crippen LogP contribution in [0.1, 0.15) is 31.2 Å². The van der Waals surface area contributed by atoms with Crippen LogP contribution < -0.4 is 10.6 Å². The second kappa shape index (κ2) is 10.0. The SMILES string of the molecule is CCNC(=NCc1nncn1-c1ccccc1)NCC1(c2cccc(F)c2)CC1.I. The summed E-state index contributed by atoms with van der Waals surface area (Å²) in [5.41, 5.74) is 2.04. The molecule has 1 aliphatic carbocycles. The van der Waals surface area contributed by atoms with Gasteiger partial charge in [-0.1, -0.05) is 30.3 Å². The highest BCUT2D eigenvalue weighted by Gasteiger charge is 2.44. The number of rotatable bonds is 7. The molecule has 0 unspecified atom stereocenters. The largest absolute Gasteiger partial charge is 0.357 e. The van der Waals surface area contributed by atoms with E-state index >= 15 is 0 Å². The topological polar surface area (TPSA) is 67.1 Å². The molecule has 6 nitrogen and oxygen atoms in total. The quantitative estimate of drug-likeness (QED) is 0.283. The van der Waals surface area contributed by atoms with Crippen molar-refractivity contribution in [2.75, 3.05) is 13.1 Å². The minimum absolute atomic E-state index is 0. The van der Waals surface area contributed by atoms with E-state index in [2.05, 4.69) is 25.8 Å². The molecule has 4 rings (SSSR count). The first-order valence-electron chi connectivity index (χ1n) is 9.93. The van der Waals surface area contributed by atoms with Crippen LogP contribution in [0.3, 0.4) is 0 Å². The molecule has 158 valence electrons. The number of halogens is 2. The van der Waals surface area contributed by atoms with Crippen LogP contribution in [0.15, 0.2) is 65.9 Å². The number of aromatic nitrogens is 3. The summed E-state index contributed by atoms with van der Waals surface area (Å²) in [4.78, 5) is 4.68. The van der Waals surface area contributed by atoms with Crippen LogP contribution in [0.25, 0.3) is 5.69 Å². The first-order chi connectivity index (χ1) is 14.2. The monoisotopic (exact) mass is 520 g/mol. The maximum atomic E-state index is 13.6. The summed E-state index contributed by atoms with van der Waals surface area (Å²) in [5.74, 6) is 1.30. The molecule has 3 aromatic rings. The van der Waals surface area contributed by atoms with Crippen molar-refractivity contribution in [1.29, 1.82) is 0 Å². The van der Waals surface area contributed by atoms with Gasteiger partial charge in [0.25, 0.3) is 0 Å². The maximum Gasteiger partial charge on any atom is 0.191 e. The average molecular weight is 520 g/mol. The Morgan fingerprint density at radius 3 is 2.63 bits per heavy atom. The molecule has 8 heteroatoms. The Balaban J connectivity index is 0.00000256. The third-order valence-electron chi connectivity index (χ3n) is 5.26. The van der Waals surface area contributed by atoms with Gasteiger partial charge in [-0.3, -0.25) is 4.57 Å². The number of benzene rings is 2. The molecule has 0 saturated heterocycles. The summed E-state index contributed by atoms with van der Waals surface area (Å²) in [6.45, 7) is 3.90. The van der Waals surface area contributed by atoms with Gasteiger partial charge < -0.3 is 10.6 Å². The van der Waals surface area contributed by atoms with Gasteiger partial charge in [0.2, 0.25) is 0 Å². The number of hydrogen-bond donors (Lipinski definition) is 2. The maximum absolute atomic E-state index is 13.6. The van der Waals surface area contributed by atoms with Crippen LogP contribution in [0.4, 0.5) is 4.39 Å². The van der Waals surface area contributed by atoms with Crippen molar-refractivity contribution in [1.82, 2.24) is 25.4 Å². The van der Waals surface area contributed by atoms with Crippen molar-refractivity contribution in [3.05, 3.63) is 78.1 Å². The van der Waals surface area contributed by atoms with E-state index in [1.54, 1.807) is 18.5 Å². The van der Waals surface area contributed by atoms with E-state index in [-0.39, 0.29) is 35.2 Å². The molecule has 0 radical (unpaired) electrons. The first kappa shape index (κ1) is 22.2. The molecule has 0 spiro atoms. The van der Waals surface area contributed by atoms with Crippen molar-refractivity contribution in [3.8, 4) is 5.69 Å². The van der Waals surface area contributed by atoms with Gasteiger partial charge in [-0.05, 0) is 49.6 Å². The highest BCUT2D eigenvalue weighted by molar-refractivity contribution is 14.0. The van der Waals surface area contributed by atoms with Crippen molar-refractivity contribution in [2.45, 2.75) is 31.7 Å². The number of aliphatic imine (C=N–C) groups is 1. The number of nitrogens with zero attached hydrogens (tertiary/aromatic N) is 4. The second-order valence-corrected chi connectivity index (χ2v) is 7.29. The number of para-hydroxylation sites is 1. The van der Waals surface area contributed by atoms with Gasteiger partial charge in [-0.2, -0.15) is 0 Å². The molecule has 0 atom stereocenters. The van der Waals surface area contributed by atoms with Crippen molar-refractivity contribution in [2.24, 2.45) is 4.99 Å². The van der Waals surface area contributed by atoms with E-state index in [1.807, 2.05) is 47.9 Å². The summed E-state index contributed by atoms with van der Waals surface area (Å²) in [6.07, 6.45) is 3.79. The molecule has 1 fully saturated rings. The van der Waals surface area contributed by atoms with Crippen molar-refractivity contribution < 1.29 is 4.39 Å². The van der Waals surface area contributed by atoms with Gasteiger partial charge in [0.05, 0.1) is 0 Å². The van der Waals surface area contributed by atoms with Gasteiger partial charge in [-0.15, -0.1) is 34.2 Å². The van der Waals surface area contributed by atoms with E-state index in [4.69, 9.17) is 0 Å². The molecule has 0 amide bonds. The van der Waals surface area contributed by atoms with E-state index in [0.29, 0.717) is 13.1 Å². The van der Waals surface area contributed by atoms with Crippen LogP contribution in [-0.2, 0) is 12.0 Å². The Kier molecular flexibility index (Phi) is 7.41. The van der Waals surface area contributed by atoms with Crippen LogP contribution >= 0.6 is 24.0 Å². The minimum Gasteiger partial charge on any atom is -0.357 e. The Bertz CT molecular complexity index is 984. The zero-order chi connectivity index (χ0) is 20.1. The number of guanidine groups is 1. The third kappa shape index (κ3) is 5.16. The fraction of sp³-hybridized carbons (Fsp3) is 0.318. The summed E-state index contributed by atoms with van der Waals surface area (Å²) >= 11 is 0. The molecule has 1 saturated carbocycles. The third-order valence-corrected chi connectivity index (χ3v) is 5.26. The predicted molar refractivity (Wildman–Crippen MR) is 127 cm³/mol. The highest BCUT2D eigenvalue weighted by atomic mass is 127. The minimum atomic E-state index is -0.186. The molecule has 30 heavy (non-hydrogen) atoms. The first-order valence-corrected chi connectivity index (χ1v) is 9.93. The molecule has 1 aromatic heterocycles. The summed E-state index contributed by atoms with van der Waals surface area (Å²) in [7, 11) is 0. The fourth-order valence-corrected chi connectivity index (χ4v) is 3.45. The van der Waals surface area contributed by atoms with E-state index < -0.39 is 0 Å². The van der Waals surface area contributed by atoms with Gasteiger partial charge in [0, 0.05) is 24.2 Å². The molecule has 1 aliphatic rings. The average Bonchev–Trinajstić information content (AvgIpc) is 3.40. The Hall–Kier alpha value is -2.49. The van der Waals surface area contributed by atoms with Gasteiger partial charge in [-0.25, -0.2) is 9.38 Å². The van der Waals surface area contributed by atoms with Gasteiger partial charge in [0.15, 0.2) is 11.8 Å². The van der Waals surface area contributed by atoms with Crippen LogP contribution in [0.5, 0.6) is 0 Å². The predicted octanol–water partition coefficient (Wildman–Crippen LogP) is 3.81. The Morgan fingerprint density at radius 1 is 1.13 bits per heavy atom. The van der Waals surface area contributed by atoms with E-state index in [9.17, 15) is 4.39 Å². The number of hydrogen-bond acceptors (Lipinski definition) is 3. The zero-order valence-corrected chi connectivity index (χ0v) is 19.2. The second-order valence-electron chi connectivity index (χ2n) is 7.29. The van der Waals surface area contributed by atoms with Gasteiger partial charge >= 0.3 is 0 Å². The van der Waals surface area contributed by atoms with E-state index in [1.165, 1.54) is 6.07 Å². The molecular formula is C22H26FIN6. The van der Waals surface area contributed by atoms with Crippen LogP contribution in [0.2, 0.25) is 0 Å². The normalized spacial score (nSPS) is 14.7. The van der Waals surface area contributed by atoms with Gasteiger partial charge in [0.1, 0.15) is 18.7 Å². The smallest absolute Gasteiger partial charge is 0.191 e. The lowest BCUT2D eigenvalue weighted by Crippen LogP contribution is -2.41. The number of nitrogens with one attached hydrogen (secondary N) is 2. The lowest BCUT2D eigenvalue weighted by Gasteiger charge is -2.19. The highest BCUT2D eigenvalue weighted by Crippen LogP contribution is 2.47. The lowest BCUT2D eigenvalue weighted by molar-refractivity contribution is 0.607. The summed E-state index contributed by atoms with van der Waals surface area (Å²) in [5, 5.41) is 14.9. The Labute approximate surface area is 193 Å². The molecule has 1 heterocycles. The molecular weight excluding hydrogens is 494 g/mol. The molecule has 2 aromatic carbocycles. The van der Waals surface area contributed by atoms with Crippen LogP contribution in [0, 0.1) is 5.82 Å². The summed E-state index contributed by atoms with van der Waals surface area (Å²) < 4.78 is 15.6. The zero-order valence-electron chi connectivity index (χ0n) is 16.9. The summed E-state index contributed by atoms with van der Waals surface area (Å²) in [6, 6.07) is 16.9. The standard InChI is InChI=1S/C22H25FN6.HI/c1-2-24-21(26-15-22(11-12-22)17-7-6-8-18(23)13-17)25-14-20-28-27-16-29(20)19-9-4-3-5-10-19;/h3-10,13,16H,2,11-12,14-15H2,1H3,(H2,24,25,26);1H. The van der Waals surface area contributed by atoms with Crippen molar-refractivity contribution in [3.63, 3.8) is 0 Å². The Morgan fingerprint density at radius 2 is 1.93 bits per heavy atom.